The number of benzene rings is 3. The van der Waals surface area contributed by atoms with Crippen molar-refractivity contribution in [1.82, 2.24) is 0 Å². The Balaban J connectivity index is 1.65. The number of hydrogen-bond acceptors (Lipinski definition) is 3. The van der Waals surface area contributed by atoms with Crippen molar-refractivity contribution < 1.29 is 4.74 Å². The molecule has 0 aromatic heterocycles. The highest BCUT2D eigenvalue weighted by atomic mass is 16.5. The van der Waals surface area contributed by atoms with Crippen LogP contribution in [0.5, 0.6) is 5.75 Å². The van der Waals surface area contributed by atoms with Crippen LogP contribution in [-0.2, 0) is 6.61 Å². The largest absolute Gasteiger partial charge is 0.489 e. The van der Waals surface area contributed by atoms with Crippen molar-refractivity contribution in [2.24, 2.45) is 5.10 Å². The van der Waals surface area contributed by atoms with Gasteiger partial charge in [0.15, 0.2) is 0 Å². The minimum atomic E-state index is 0.511. The number of nitrogens with zero attached hydrogens (tertiary/aromatic N) is 1. The quantitative estimate of drug-likeness (QED) is 0.528. The van der Waals surface area contributed by atoms with Crippen molar-refractivity contribution >= 4 is 11.9 Å². The second-order valence-electron chi connectivity index (χ2n) is 5.04. The van der Waals surface area contributed by atoms with Gasteiger partial charge >= 0.3 is 0 Å². The van der Waals surface area contributed by atoms with Gasteiger partial charge in [-0.1, -0.05) is 60.7 Å². The molecule has 0 aliphatic rings. The third-order valence-corrected chi connectivity index (χ3v) is 3.36. The number of rotatable bonds is 6. The molecule has 0 saturated heterocycles. The summed E-state index contributed by atoms with van der Waals surface area (Å²) in [5.74, 6) is 0.863. The summed E-state index contributed by atoms with van der Waals surface area (Å²) >= 11 is 0. The van der Waals surface area contributed by atoms with E-state index in [1.807, 2.05) is 91.1 Å². The van der Waals surface area contributed by atoms with Crippen LogP contribution in [0.3, 0.4) is 0 Å². The molecule has 0 saturated carbocycles. The summed E-state index contributed by atoms with van der Waals surface area (Å²) in [6.45, 7) is 0.511. The first-order valence-corrected chi connectivity index (χ1v) is 7.52. The summed E-state index contributed by atoms with van der Waals surface area (Å²) in [4.78, 5) is 0. The molecule has 3 nitrogen and oxygen atoms in total. The first-order valence-electron chi connectivity index (χ1n) is 7.52. The molecule has 0 aliphatic heterocycles. The van der Waals surface area contributed by atoms with Gasteiger partial charge in [0.05, 0.1) is 11.9 Å². The minimum absolute atomic E-state index is 0.511. The second-order valence-corrected chi connectivity index (χ2v) is 5.04. The van der Waals surface area contributed by atoms with E-state index < -0.39 is 0 Å². The maximum absolute atomic E-state index is 5.82. The summed E-state index contributed by atoms with van der Waals surface area (Å²) in [6, 6.07) is 27.8. The number of hydrogen-bond donors (Lipinski definition) is 1. The van der Waals surface area contributed by atoms with Gasteiger partial charge in [-0.05, 0) is 29.8 Å². The molecular formula is C20H18N2O. The van der Waals surface area contributed by atoms with Gasteiger partial charge in [-0.3, -0.25) is 5.43 Å². The van der Waals surface area contributed by atoms with Gasteiger partial charge in [-0.15, -0.1) is 0 Å². The van der Waals surface area contributed by atoms with Gasteiger partial charge in [-0.2, -0.15) is 5.10 Å². The standard InChI is InChI=1S/C20H18N2O/c1-3-11-19(12-4-1)22-21-15-17-9-7-8-10-18(17)16-23-20-13-5-2-6-14-20/h1-15,22H,16H2/b21-15+. The Morgan fingerprint density at radius 3 is 2.22 bits per heavy atom. The van der Waals surface area contributed by atoms with Crippen molar-refractivity contribution in [2.45, 2.75) is 6.61 Å². The van der Waals surface area contributed by atoms with Crippen LogP contribution in [0.2, 0.25) is 0 Å². The van der Waals surface area contributed by atoms with Crippen LogP contribution in [0.1, 0.15) is 11.1 Å². The fraction of sp³-hybridized carbons (Fsp3) is 0.0500. The van der Waals surface area contributed by atoms with Crippen LogP contribution < -0.4 is 10.2 Å². The van der Waals surface area contributed by atoms with E-state index in [9.17, 15) is 0 Å². The van der Waals surface area contributed by atoms with Gasteiger partial charge in [0.2, 0.25) is 0 Å². The molecule has 0 atom stereocenters. The molecule has 0 amide bonds. The zero-order chi connectivity index (χ0) is 15.7. The summed E-state index contributed by atoms with van der Waals surface area (Å²) in [6.07, 6.45) is 1.82. The van der Waals surface area contributed by atoms with Crippen LogP contribution >= 0.6 is 0 Å². The highest BCUT2D eigenvalue weighted by Gasteiger charge is 2.00. The fourth-order valence-electron chi connectivity index (χ4n) is 2.16. The summed E-state index contributed by atoms with van der Waals surface area (Å²) in [7, 11) is 0. The monoisotopic (exact) mass is 302 g/mol. The zero-order valence-corrected chi connectivity index (χ0v) is 12.7. The van der Waals surface area contributed by atoms with Crippen LogP contribution in [0.25, 0.3) is 0 Å². The third-order valence-electron chi connectivity index (χ3n) is 3.36. The lowest BCUT2D eigenvalue weighted by atomic mass is 10.1. The molecule has 23 heavy (non-hydrogen) atoms. The SMILES string of the molecule is C(=N\Nc1ccccc1)/c1ccccc1COc1ccccc1. The van der Waals surface area contributed by atoms with Crippen molar-refractivity contribution in [3.8, 4) is 5.75 Å². The molecule has 3 aromatic carbocycles. The zero-order valence-electron chi connectivity index (χ0n) is 12.7. The van der Waals surface area contributed by atoms with E-state index in [0.717, 1.165) is 22.6 Å². The van der Waals surface area contributed by atoms with Gasteiger partial charge in [-0.25, -0.2) is 0 Å². The average Bonchev–Trinajstić information content (AvgIpc) is 2.63. The first-order chi connectivity index (χ1) is 11.4. The lowest BCUT2D eigenvalue weighted by molar-refractivity contribution is 0.306. The van der Waals surface area contributed by atoms with Crippen molar-refractivity contribution in [1.29, 1.82) is 0 Å². The Bertz CT molecular complexity index is 755. The first kappa shape index (κ1) is 14.9. The third kappa shape index (κ3) is 4.45. The lowest BCUT2D eigenvalue weighted by Crippen LogP contribution is -2.00. The van der Waals surface area contributed by atoms with Gasteiger partial charge in [0.1, 0.15) is 12.4 Å². The molecule has 0 unspecified atom stereocenters. The predicted molar refractivity (Wildman–Crippen MR) is 94.9 cm³/mol. The maximum atomic E-state index is 5.82. The molecule has 114 valence electrons. The summed E-state index contributed by atoms with van der Waals surface area (Å²) < 4.78 is 5.82. The number of anilines is 1. The smallest absolute Gasteiger partial charge is 0.119 e. The molecule has 0 bridgehead atoms. The van der Waals surface area contributed by atoms with E-state index in [4.69, 9.17) is 4.74 Å². The van der Waals surface area contributed by atoms with Gasteiger partial charge < -0.3 is 4.74 Å². The normalized spacial score (nSPS) is 10.6. The Kier molecular flexibility index (Phi) is 5.04. The van der Waals surface area contributed by atoms with Gasteiger partial charge in [0, 0.05) is 5.56 Å². The molecule has 3 aromatic rings. The van der Waals surface area contributed by atoms with E-state index in [2.05, 4.69) is 10.5 Å². The molecule has 3 heteroatoms. The molecule has 0 fully saturated rings. The van der Waals surface area contributed by atoms with E-state index in [1.54, 1.807) is 0 Å². The Morgan fingerprint density at radius 1 is 0.783 bits per heavy atom. The lowest BCUT2D eigenvalue weighted by Gasteiger charge is -2.08. The molecular weight excluding hydrogens is 284 g/mol. The molecule has 0 radical (unpaired) electrons. The van der Waals surface area contributed by atoms with Crippen molar-refractivity contribution in [3.05, 3.63) is 96.1 Å². The Morgan fingerprint density at radius 2 is 1.43 bits per heavy atom. The number of nitrogens with one attached hydrogen (secondary N) is 1. The van der Waals surface area contributed by atoms with E-state index in [1.165, 1.54) is 0 Å². The molecule has 1 N–H and O–H groups in total. The Labute approximate surface area is 136 Å². The van der Waals surface area contributed by atoms with Gasteiger partial charge in [0.25, 0.3) is 0 Å². The fourth-order valence-corrected chi connectivity index (χ4v) is 2.16. The summed E-state index contributed by atoms with van der Waals surface area (Å²) in [5, 5.41) is 4.30. The number of hydrazone groups is 1. The van der Waals surface area contributed by atoms with Crippen molar-refractivity contribution in [3.63, 3.8) is 0 Å². The summed E-state index contributed by atoms with van der Waals surface area (Å²) in [5.41, 5.74) is 6.11. The molecule has 0 aliphatic carbocycles. The highest BCUT2D eigenvalue weighted by molar-refractivity contribution is 5.82. The number of para-hydroxylation sites is 2. The molecule has 0 spiro atoms. The van der Waals surface area contributed by atoms with Crippen LogP contribution in [0.4, 0.5) is 5.69 Å². The van der Waals surface area contributed by atoms with E-state index in [-0.39, 0.29) is 0 Å². The second kappa shape index (κ2) is 7.80. The molecule has 0 heterocycles. The average molecular weight is 302 g/mol. The van der Waals surface area contributed by atoms with Crippen molar-refractivity contribution in [2.75, 3.05) is 5.43 Å². The molecule has 3 rings (SSSR count). The van der Waals surface area contributed by atoms with E-state index in [0.29, 0.717) is 6.61 Å². The Hall–Kier alpha value is -3.07. The highest BCUT2D eigenvalue weighted by Crippen LogP contribution is 2.14. The van der Waals surface area contributed by atoms with Crippen LogP contribution in [0.15, 0.2) is 90.0 Å². The van der Waals surface area contributed by atoms with E-state index >= 15 is 0 Å². The predicted octanol–water partition coefficient (Wildman–Crippen LogP) is 4.71. The number of ether oxygens (including phenoxy) is 1. The van der Waals surface area contributed by atoms with Crippen LogP contribution in [-0.4, -0.2) is 6.21 Å². The minimum Gasteiger partial charge on any atom is -0.489 e. The topological polar surface area (TPSA) is 33.6 Å². The van der Waals surface area contributed by atoms with Crippen LogP contribution in [0, 0.1) is 0 Å². The maximum Gasteiger partial charge on any atom is 0.119 e.